The zero-order chi connectivity index (χ0) is 20.8. The predicted molar refractivity (Wildman–Crippen MR) is 110 cm³/mol. The normalized spacial score (nSPS) is 10.8. The molecule has 7 nitrogen and oxygen atoms in total. The number of H-pyrrole nitrogens is 1. The Hall–Kier alpha value is -3.74. The molecule has 29 heavy (non-hydrogen) atoms. The van der Waals surface area contributed by atoms with Crippen molar-refractivity contribution >= 4 is 11.9 Å². The van der Waals surface area contributed by atoms with Gasteiger partial charge in [0.1, 0.15) is 0 Å². The van der Waals surface area contributed by atoms with Gasteiger partial charge < -0.3 is 18.9 Å². The summed E-state index contributed by atoms with van der Waals surface area (Å²) in [5.74, 6) is 2.18. The Labute approximate surface area is 168 Å². The first-order valence-corrected chi connectivity index (χ1v) is 8.81. The number of rotatable bonds is 8. The molecular formula is C22H22N2O5. The maximum atomic E-state index is 12.5. The summed E-state index contributed by atoms with van der Waals surface area (Å²) in [5.41, 5.74) is 2.79. The molecule has 1 N–H and O–H groups in total. The molecule has 1 aromatic heterocycles. The molecular weight excluding hydrogens is 372 g/mol. The van der Waals surface area contributed by atoms with Gasteiger partial charge in [0.15, 0.2) is 28.8 Å². The number of carbonyl (C=O) groups is 1. The maximum absolute atomic E-state index is 12.5. The van der Waals surface area contributed by atoms with E-state index in [4.69, 9.17) is 18.9 Å². The molecule has 0 unspecified atom stereocenters. The van der Waals surface area contributed by atoms with Gasteiger partial charge in [0.25, 0.3) is 0 Å². The second kappa shape index (κ2) is 8.97. The quantitative estimate of drug-likeness (QED) is 0.459. The number of aromatic amines is 1. The second-order valence-corrected chi connectivity index (χ2v) is 6.05. The highest BCUT2D eigenvalue weighted by molar-refractivity contribution is 6.07. The number of ketones is 1. The first-order valence-electron chi connectivity index (χ1n) is 8.81. The highest BCUT2D eigenvalue weighted by Crippen LogP contribution is 2.32. The van der Waals surface area contributed by atoms with Crippen molar-refractivity contribution in [2.45, 2.75) is 0 Å². The molecule has 2 aromatic carbocycles. The lowest BCUT2D eigenvalue weighted by atomic mass is 10.1. The van der Waals surface area contributed by atoms with Gasteiger partial charge in [-0.2, -0.15) is 5.10 Å². The standard InChI is InChI=1S/C22H22N2O5/c1-26-19-9-5-14(11-21(19)28-3)17-13-16(23-24-17)7-8-18(25)15-6-10-20(27-2)22(12-15)29-4/h5-13H,1-4H3,(H,23,24)/b8-7+. The topological polar surface area (TPSA) is 82.7 Å². The summed E-state index contributed by atoms with van der Waals surface area (Å²) >= 11 is 0. The third kappa shape index (κ3) is 4.40. The number of carbonyl (C=O) groups excluding carboxylic acids is 1. The van der Waals surface area contributed by atoms with Crippen LogP contribution in [0, 0.1) is 0 Å². The minimum absolute atomic E-state index is 0.159. The Kier molecular flexibility index (Phi) is 6.19. The fraction of sp³-hybridized carbons (Fsp3) is 0.182. The molecule has 0 atom stereocenters. The van der Waals surface area contributed by atoms with Crippen molar-refractivity contribution in [2.24, 2.45) is 0 Å². The molecule has 0 fully saturated rings. The van der Waals surface area contributed by atoms with Gasteiger partial charge in [-0.1, -0.05) is 0 Å². The van der Waals surface area contributed by atoms with E-state index in [-0.39, 0.29) is 5.78 Å². The Bertz CT molecular complexity index is 1040. The second-order valence-electron chi connectivity index (χ2n) is 6.05. The molecule has 0 aliphatic heterocycles. The molecule has 1 heterocycles. The summed E-state index contributed by atoms with van der Waals surface area (Å²) in [6.07, 6.45) is 3.16. The van der Waals surface area contributed by atoms with Crippen LogP contribution in [0.4, 0.5) is 0 Å². The average Bonchev–Trinajstić information content (AvgIpc) is 3.25. The van der Waals surface area contributed by atoms with E-state index >= 15 is 0 Å². The summed E-state index contributed by atoms with van der Waals surface area (Å²) < 4.78 is 21.0. The van der Waals surface area contributed by atoms with Gasteiger partial charge in [0.05, 0.1) is 39.8 Å². The fourth-order valence-electron chi connectivity index (χ4n) is 2.82. The van der Waals surface area contributed by atoms with Gasteiger partial charge in [-0.3, -0.25) is 9.89 Å². The van der Waals surface area contributed by atoms with Crippen LogP contribution < -0.4 is 18.9 Å². The van der Waals surface area contributed by atoms with Crippen molar-refractivity contribution < 1.29 is 23.7 Å². The highest BCUT2D eigenvalue weighted by atomic mass is 16.5. The monoisotopic (exact) mass is 394 g/mol. The summed E-state index contributed by atoms with van der Waals surface area (Å²) in [4.78, 5) is 12.5. The zero-order valence-corrected chi connectivity index (χ0v) is 16.7. The van der Waals surface area contributed by atoms with E-state index in [1.165, 1.54) is 13.2 Å². The fourth-order valence-corrected chi connectivity index (χ4v) is 2.82. The summed E-state index contributed by atoms with van der Waals surface area (Å²) in [6.45, 7) is 0. The minimum Gasteiger partial charge on any atom is -0.493 e. The third-order valence-electron chi connectivity index (χ3n) is 4.36. The third-order valence-corrected chi connectivity index (χ3v) is 4.36. The zero-order valence-electron chi connectivity index (χ0n) is 16.7. The van der Waals surface area contributed by atoms with E-state index in [1.807, 2.05) is 24.3 Å². The van der Waals surface area contributed by atoms with Crippen LogP contribution in [0.25, 0.3) is 17.3 Å². The lowest BCUT2D eigenvalue weighted by Gasteiger charge is -2.08. The Morgan fingerprint density at radius 3 is 2.10 bits per heavy atom. The van der Waals surface area contributed by atoms with Crippen LogP contribution in [0.3, 0.4) is 0 Å². The smallest absolute Gasteiger partial charge is 0.186 e. The number of nitrogens with zero attached hydrogens (tertiary/aromatic N) is 1. The van der Waals surface area contributed by atoms with E-state index in [9.17, 15) is 4.79 Å². The van der Waals surface area contributed by atoms with Crippen molar-refractivity contribution in [2.75, 3.05) is 28.4 Å². The first-order chi connectivity index (χ1) is 14.1. The number of benzene rings is 2. The van der Waals surface area contributed by atoms with Crippen molar-refractivity contribution in [3.63, 3.8) is 0 Å². The van der Waals surface area contributed by atoms with Crippen LogP contribution in [-0.4, -0.2) is 44.4 Å². The van der Waals surface area contributed by atoms with E-state index in [0.29, 0.717) is 34.3 Å². The highest BCUT2D eigenvalue weighted by Gasteiger charge is 2.10. The number of nitrogens with one attached hydrogen (secondary N) is 1. The number of hydrogen-bond donors (Lipinski definition) is 1. The molecule has 0 saturated heterocycles. The predicted octanol–water partition coefficient (Wildman–Crippen LogP) is 4.01. The molecule has 0 aliphatic carbocycles. The Morgan fingerprint density at radius 1 is 0.828 bits per heavy atom. The van der Waals surface area contributed by atoms with E-state index < -0.39 is 0 Å². The summed E-state index contributed by atoms with van der Waals surface area (Å²) in [7, 11) is 6.25. The Balaban J connectivity index is 1.78. The molecule has 0 spiro atoms. The van der Waals surface area contributed by atoms with Crippen LogP contribution in [0.15, 0.2) is 48.5 Å². The van der Waals surface area contributed by atoms with E-state index in [0.717, 1.165) is 11.3 Å². The molecule has 0 aliphatic rings. The largest absolute Gasteiger partial charge is 0.493 e. The lowest BCUT2D eigenvalue weighted by molar-refractivity contribution is 0.104. The molecule has 3 aromatic rings. The number of allylic oxidation sites excluding steroid dienone is 1. The van der Waals surface area contributed by atoms with Crippen LogP contribution >= 0.6 is 0 Å². The van der Waals surface area contributed by atoms with Gasteiger partial charge >= 0.3 is 0 Å². The van der Waals surface area contributed by atoms with Gasteiger partial charge in [-0.15, -0.1) is 0 Å². The lowest BCUT2D eigenvalue weighted by Crippen LogP contribution is -1.97. The van der Waals surface area contributed by atoms with Crippen LogP contribution in [0.2, 0.25) is 0 Å². The van der Waals surface area contributed by atoms with Crippen molar-refractivity contribution in [1.82, 2.24) is 10.2 Å². The van der Waals surface area contributed by atoms with Crippen molar-refractivity contribution in [1.29, 1.82) is 0 Å². The molecule has 3 rings (SSSR count). The number of methoxy groups -OCH3 is 4. The molecule has 0 saturated carbocycles. The number of hydrogen-bond acceptors (Lipinski definition) is 6. The molecule has 0 amide bonds. The minimum atomic E-state index is -0.159. The average molecular weight is 394 g/mol. The van der Waals surface area contributed by atoms with Gasteiger partial charge in [-0.25, -0.2) is 0 Å². The number of aromatic nitrogens is 2. The molecule has 150 valence electrons. The van der Waals surface area contributed by atoms with Gasteiger partial charge in [0, 0.05) is 11.1 Å². The van der Waals surface area contributed by atoms with Crippen molar-refractivity contribution in [3.05, 3.63) is 59.8 Å². The first kappa shape index (κ1) is 20.0. The maximum Gasteiger partial charge on any atom is 0.186 e. The molecule has 7 heteroatoms. The number of ether oxygens (including phenoxy) is 4. The van der Waals surface area contributed by atoms with E-state index in [1.54, 1.807) is 45.6 Å². The summed E-state index contributed by atoms with van der Waals surface area (Å²) in [6, 6.07) is 12.4. The van der Waals surface area contributed by atoms with Gasteiger partial charge in [-0.05, 0) is 54.6 Å². The van der Waals surface area contributed by atoms with Gasteiger partial charge in [0.2, 0.25) is 0 Å². The van der Waals surface area contributed by atoms with Crippen LogP contribution in [0.5, 0.6) is 23.0 Å². The SMILES string of the molecule is COc1ccc(C(=O)/C=C/c2cc(-c3ccc(OC)c(OC)c3)n[nH]2)cc1OC. The van der Waals surface area contributed by atoms with Crippen molar-refractivity contribution in [3.8, 4) is 34.3 Å². The Morgan fingerprint density at radius 2 is 1.45 bits per heavy atom. The van der Waals surface area contributed by atoms with Crippen LogP contribution in [-0.2, 0) is 0 Å². The van der Waals surface area contributed by atoms with Crippen LogP contribution in [0.1, 0.15) is 16.1 Å². The molecule has 0 radical (unpaired) electrons. The van der Waals surface area contributed by atoms with E-state index in [2.05, 4.69) is 10.2 Å². The molecule has 0 bridgehead atoms. The summed E-state index contributed by atoms with van der Waals surface area (Å²) in [5, 5.41) is 7.21.